The molecule has 1 aliphatic rings. The predicted molar refractivity (Wildman–Crippen MR) is 121 cm³/mol. The van der Waals surface area contributed by atoms with Crippen LogP contribution in [0.2, 0.25) is 0 Å². The number of hydrogen-bond acceptors (Lipinski definition) is 5. The molecule has 2 amide bonds. The molecule has 0 bridgehead atoms. The first-order valence-corrected chi connectivity index (χ1v) is 12.4. The Morgan fingerprint density at radius 1 is 0.966 bits per heavy atom. The lowest BCUT2D eigenvalue weighted by molar-refractivity contribution is -0.120. The van der Waals surface area contributed by atoms with Crippen molar-refractivity contribution in [3.8, 4) is 11.1 Å². The largest absolute Gasteiger partial charge is 0.449 e. The van der Waals surface area contributed by atoms with Crippen molar-refractivity contribution in [2.24, 2.45) is 0 Å². The lowest BCUT2D eigenvalue weighted by Crippen LogP contribution is -2.31. The third-order valence-corrected chi connectivity index (χ3v) is 6.63. The number of nitrogens with one attached hydrogen (secondary N) is 2. The smallest absolute Gasteiger partial charge is 0.407 e. The van der Waals surface area contributed by atoms with Crippen molar-refractivity contribution in [2.45, 2.75) is 18.8 Å². The van der Waals surface area contributed by atoms with E-state index < -0.39 is 6.09 Å². The van der Waals surface area contributed by atoms with Gasteiger partial charge in [0.15, 0.2) is 0 Å². The first-order chi connectivity index (χ1) is 14.2. The van der Waals surface area contributed by atoms with Gasteiger partial charge in [-0.3, -0.25) is 4.79 Å². The molecule has 0 spiro atoms. The van der Waals surface area contributed by atoms with Crippen LogP contribution in [0.15, 0.2) is 48.5 Å². The molecule has 2 N–H and O–H groups in total. The number of amides is 2. The van der Waals surface area contributed by atoms with Crippen LogP contribution in [0.5, 0.6) is 0 Å². The van der Waals surface area contributed by atoms with Crippen LogP contribution in [-0.2, 0) is 9.53 Å². The molecule has 1 aliphatic carbocycles. The van der Waals surface area contributed by atoms with Crippen LogP contribution in [0, 0.1) is 0 Å². The molecule has 0 saturated heterocycles. The molecule has 0 fully saturated rings. The van der Waals surface area contributed by atoms with Gasteiger partial charge >= 0.3 is 6.09 Å². The van der Waals surface area contributed by atoms with Gasteiger partial charge < -0.3 is 15.4 Å². The van der Waals surface area contributed by atoms with Crippen molar-refractivity contribution < 1.29 is 14.3 Å². The van der Waals surface area contributed by atoms with Gasteiger partial charge in [0.25, 0.3) is 0 Å². The molecule has 0 unspecified atom stereocenters. The highest BCUT2D eigenvalue weighted by molar-refractivity contribution is 8.76. The second-order valence-electron chi connectivity index (χ2n) is 6.69. The van der Waals surface area contributed by atoms with E-state index in [2.05, 4.69) is 34.9 Å². The van der Waals surface area contributed by atoms with Crippen molar-refractivity contribution in [1.29, 1.82) is 0 Å². The molecule has 5 nitrogen and oxygen atoms in total. The quantitative estimate of drug-likeness (QED) is 0.431. The van der Waals surface area contributed by atoms with Gasteiger partial charge in [-0.15, -0.1) is 0 Å². The normalized spacial score (nSPS) is 12.2. The summed E-state index contributed by atoms with van der Waals surface area (Å²) < 4.78 is 5.49. The highest BCUT2D eigenvalue weighted by Gasteiger charge is 2.28. The minimum Gasteiger partial charge on any atom is -0.449 e. The van der Waals surface area contributed by atoms with Gasteiger partial charge in [-0.05, 0) is 34.9 Å². The summed E-state index contributed by atoms with van der Waals surface area (Å²) in [6.07, 6.45) is 2.77. The van der Waals surface area contributed by atoms with E-state index in [9.17, 15) is 9.59 Å². The van der Waals surface area contributed by atoms with Crippen LogP contribution in [0.4, 0.5) is 4.79 Å². The Morgan fingerprint density at radius 3 is 2.24 bits per heavy atom. The van der Waals surface area contributed by atoms with E-state index in [0.29, 0.717) is 32.5 Å². The fraction of sp³-hybridized carbons (Fsp3) is 0.364. The second kappa shape index (κ2) is 11.2. The van der Waals surface area contributed by atoms with Crippen molar-refractivity contribution >= 4 is 33.6 Å². The van der Waals surface area contributed by atoms with Crippen LogP contribution in [0.3, 0.4) is 0 Å². The van der Waals surface area contributed by atoms with E-state index in [4.69, 9.17) is 4.74 Å². The fourth-order valence-corrected chi connectivity index (χ4v) is 4.65. The summed E-state index contributed by atoms with van der Waals surface area (Å²) in [5, 5.41) is 5.62. The number of alkyl carbamates (subject to hydrolysis) is 1. The molecule has 0 heterocycles. The average molecular weight is 431 g/mol. The van der Waals surface area contributed by atoms with E-state index >= 15 is 0 Å². The Hall–Kier alpha value is -2.12. The Morgan fingerprint density at radius 2 is 1.59 bits per heavy atom. The summed E-state index contributed by atoms with van der Waals surface area (Å²) in [5.74, 6) is 0.921. The Bertz CT molecular complexity index is 799. The van der Waals surface area contributed by atoms with Crippen LogP contribution < -0.4 is 10.6 Å². The molecule has 0 aliphatic heterocycles. The van der Waals surface area contributed by atoms with Gasteiger partial charge in [-0.25, -0.2) is 4.79 Å². The number of hydrogen-bond donors (Lipinski definition) is 2. The third-order valence-electron chi connectivity index (χ3n) is 4.82. The van der Waals surface area contributed by atoms with Crippen LogP contribution in [0.25, 0.3) is 11.1 Å². The Kier molecular flexibility index (Phi) is 8.31. The molecular weight excluding hydrogens is 404 g/mol. The van der Waals surface area contributed by atoms with Crippen molar-refractivity contribution in [2.75, 3.05) is 31.7 Å². The molecule has 0 atom stereocenters. The standard InChI is InChI=1S/C22H26N2O3S2/c1-28-29-14-11-21(25)23-12-6-13-24-22(26)27-15-20-18-9-4-2-7-16(18)17-8-3-5-10-19(17)20/h2-5,7-10,20H,6,11-15H2,1H3,(H,23,25)(H,24,26). The monoisotopic (exact) mass is 430 g/mol. The number of carbonyl (C=O) groups excluding carboxylic acids is 2. The topological polar surface area (TPSA) is 67.4 Å². The van der Waals surface area contributed by atoms with Gasteiger partial charge in [-0.1, -0.05) is 70.1 Å². The number of rotatable bonds is 10. The molecule has 0 saturated carbocycles. The minimum atomic E-state index is -0.422. The molecule has 2 aromatic rings. The van der Waals surface area contributed by atoms with Gasteiger partial charge in [-0.2, -0.15) is 0 Å². The lowest BCUT2D eigenvalue weighted by Gasteiger charge is -2.14. The summed E-state index contributed by atoms with van der Waals surface area (Å²) in [5.41, 5.74) is 4.82. The molecular formula is C22H26N2O3S2. The zero-order chi connectivity index (χ0) is 20.5. The van der Waals surface area contributed by atoms with Gasteiger partial charge in [0.1, 0.15) is 6.61 Å². The summed E-state index contributed by atoms with van der Waals surface area (Å²) >= 11 is 0. The highest BCUT2D eigenvalue weighted by atomic mass is 33.1. The maximum Gasteiger partial charge on any atom is 0.407 e. The maximum absolute atomic E-state index is 12.1. The first-order valence-electron chi connectivity index (χ1n) is 9.72. The molecule has 3 rings (SSSR count). The molecule has 7 heteroatoms. The molecule has 0 aromatic heterocycles. The first kappa shape index (κ1) is 21.6. The lowest BCUT2D eigenvalue weighted by atomic mass is 9.98. The molecule has 2 aromatic carbocycles. The molecule has 29 heavy (non-hydrogen) atoms. The maximum atomic E-state index is 12.1. The van der Waals surface area contributed by atoms with E-state index in [1.54, 1.807) is 21.6 Å². The van der Waals surface area contributed by atoms with Crippen LogP contribution in [0.1, 0.15) is 29.9 Å². The van der Waals surface area contributed by atoms with Crippen molar-refractivity contribution in [3.63, 3.8) is 0 Å². The average Bonchev–Trinajstić information content (AvgIpc) is 3.06. The van der Waals surface area contributed by atoms with Crippen LogP contribution >= 0.6 is 21.6 Å². The summed E-state index contributed by atoms with van der Waals surface area (Å²) in [6, 6.07) is 16.5. The van der Waals surface area contributed by atoms with E-state index in [1.165, 1.54) is 22.3 Å². The number of benzene rings is 2. The molecule has 154 valence electrons. The zero-order valence-corrected chi connectivity index (χ0v) is 18.1. The highest BCUT2D eigenvalue weighted by Crippen LogP contribution is 2.44. The van der Waals surface area contributed by atoms with Crippen molar-refractivity contribution in [1.82, 2.24) is 10.6 Å². The Balaban J connectivity index is 1.39. The summed E-state index contributed by atoms with van der Waals surface area (Å²) in [6.45, 7) is 1.33. The van der Waals surface area contributed by atoms with E-state index in [1.807, 2.05) is 30.5 Å². The van der Waals surface area contributed by atoms with E-state index in [0.717, 1.165) is 5.75 Å². The van der Waals surface area contributed by atoms with Crippen LogP contribution in [-0.4, -0.2) is 43.7 Å². The van der Waals surface area contributed by atoms with Gasteiger partial charge in [0.05, 0.1) is 0 Å². The molecule has 0 radical (unpaired) electrons. The predicted octanol–water partition coefficient (Wildman–Crippen LogP) is 4.43. The van der Waals surface area contributed by atoms with Gasteiger partial charge in [0, 0.05) is 31.2 Å². The Labute approximate surface area is 179 Å². The zero-order valence-electron chi connectivity index (χ0n) is 16.5. The summed E-state index contributed by atoms with van der Waals surface area (Å²) in [7, 11) is 3.33. The van der Waals surface area contributed by atoms with E-state index in [-0.39, 0.29) is 11.8 Å². The minimum absolute atomic E-state index is 0.0488. The number of carbonyl (C=O) groups is 2. The summed E-state index contributed by atoms with van der Waals surface area (Å²) in [4.78, 5) is 23.7. The van der Waals surface area contributed by atoms with Crippen molar-refractivity contribution in [3.05, 3.63) is 59.7 Å². The van der Waals surface area contributed by atoms with Gasteiger partial charge in [0.2, 0.25) is 5.91 Å². The number of ether oxygens (including phenoxy) is 1. The SMILES string of the molecule is CSSCCC(=O)NCCCNC(=O)OCC1c2ccccc2-c2ccccc21. The fourth-order valence-electron chi connectivity index (χ4n) is 3.46. The number of fused-ring (bicyclic) bond motifs is 3. The third kappa shape index (κ3) is 5.93. The second-order valence-corrected chi connectivity index (χ2v) is 9.38.